The Bertz CT molecular complexity index is 219. The Morgan fingerprint density at radius 2 is 1.86 bits per heavy atom. The molecule has 82 valence electrons. The summed E-state index contributed by atoms with van der Waals surface area (Å²) in [6.45, 7) is 5.45. The second-order valence-corrected chi connectivity index (χ2v) is 4.15. The minimum Gasteiger partial charge on any atom is -0.479 e. The van der Waals surface area contributed by atoms with Crippen LogP contribution in [0.25, 0.3) is 0 Å². The van der Waals surface area contributed by atoms with Gasteiger partial charge in [0.25, 0.3) is 0 Å². The number of carboxylic acids is 1. The Balaban J connectivity index is 3.76. The molecule has 1 amide bonds. The van der Waals surface area contributed by atoms with Crippen LogP contribution in [0, 0.1) is 5.41 Å². The van der Waals surface area contributed by atoms with Gasteiger partial charge in [0.05, 0.1) is 0 Å². The number of aliphatic hydroxyl groups excluding tert-OH is 1. The van der Waals surface area contributed by atoms with E-state index in [2.05, 4.69) is 5.32 Å². The van der Waals surface area contributed by atoms with Crippen molar-refractivity contribution in [1.82, 2.24) is 5.32 Å². The molecule has 0 bridgehead atoms. The summed E-state index contributed by atoms with van der Waals surface area (Å²) in [5.74, 6) is -1.43. The maximum absolute atomic E-state index is 11.3. The summed E-state index contributed by atoms with van der Waals surface area (Å²) in [4.78, 5) is 21.5. The van der Waals surface area contributed by atoms with Crippen molar-refractivity contribution < 1.29 is 19.8 Å². The molecule has 5 nitrogen and oxygen atoms in total. The molecule has 5 heteroatoms. The topological polar surface area (TPSA) is 86.6 Å². The minimum absolute atomic E-state index is 0.0250. The van der Waals surface area contributed by atoms with E-state index in [1.54, 1.807) is 20.8 Å². The fraction of sp³-hybridized carbons (Fsp3) is 0.778. The van der Waals surface area contributed by atoms with Crippen LogP contribution in [-0.2, 0) is 9.59 Å². The van der Waals surface area contributed by atoms with Crippen LogP contribution in [-0.4, -0.2) is 34.7 Å². The van der Waals surface area contributed by atoms with Crippen molar-refractivity contribution in [3.63, 3.8) is 0 Å². The van der Waals surface area contributed by atoms with Crippen molar-refractivity contribution >= 4 is 11.9 Å². The molecule has 0 aromatic heterocycles. The first-order chi connectivity index (χ1) is 6.25. The maximum atomic E-state index is 11.3. The molecule has 0 aliphatic rings. The van der Waals surface area contributed by atoms with Crippen LogP contribution in [0.3, 0.4) is 0 Å². The second kappa shape index (κ2) is 4.95. The monoisotopic (exact) mass is 203 g/mol. The summed E-state index contributed by atoms with van der Waals surface area (Å²) in [6.07, 6.45) is -1.38. The molecule has 1 unspecified atom stereocenters. The summed E-state index contributed by atoms with van der Waals surface area (Å²) in [5, 5.41) is 19.8. The molecule has 0 radical (unpaired) electrons. The zero-order valence-corrected chi connectivity index (χ0v) is 8.70. The van der Waals surface area contributed by atoms with Gasteiger partial charge in [-0.2, -0.15) is 0 Å². The Labute approximate surface area is 83.1 Å². The number of nitrogens with one attached hydrogen (secondary N) is 1. The van der Waals surface area contributed by atoms with Crippen molar-refractivity contribution in [2.75, 3.05) is 6.54 Å². The molecule has 14 heavy (non-hydrogen) atoms. The molecule has 0 aliphatic carbocycles. The van der Waals surface area contributed by atoms with Crippen molar-refractivity contribution in [1.29, 1.82) is 0 Å². The molecule has 0 aliphatic heterocycles. The molecule has 0 saturated carbocycles. The second-order valence-electron chi connectivity index (χ2n) is 4.15. The summed E-state index contributed by atoms with van der Waals surface area (Å²) in [6, 6.07) is 0. The number of rotatable bonds is 4. The largest absolute Gasteiger partial charge is 0.479 e. The number of carboxylic acid groups (broad SMARTS) is 1. The van der Waals surface area contributed by atoms with Gasteiger partial charge in [-0.3, -0.25) is 4.79 Å². The van der Waals surface area contributed by atoms with Crippen LogP contribution in [0.5, 0.6) is 0 Å². The predicted octanol–water partition coefficient (Wildman–Crippen LogP) is -0.0157. The van der Waals surface area contributed by atoms with Gasteiger partial charge in [-0.15, -0.1) is 0 Å². The lowest BCUT2D eigenvalue weighted by Gasteiger charge is -2.17. The van der Waals surface area contributed by atoms with E-state index < -0.39 is 17.5 Å². The summed E-state index contributed by atoms with van der Waals surface area (Å²) < 4.78 is 0. The highest BCUT2D eigenvalue weighted by Gasteiger charge is 2.21. The standard InChI is InChI=1S/C9H17NO4/c1-9(2,3)8(14)10-5-4-6(11)7(12)13/h6,11H,4-5H2,1-3H3,(H,10,14)(H,12,13). The van der Waals surface area contributed by atoms with E-state index in [0.717, 1.165) is 0 Å². The van der Waals surface area contributed by atoms with Gasteiger partial charge in [0.1, 0.15) is 0 Å². The number of aliphatic carboxylic acids is 1. The normalized spacial score (nSPS) is 13.4. The zero-order chi connectivity index (χ0) is 11.4. The first kappa shape index (κ1) is 12.9. The SMILES string of the molecule is CC(C)(C)C(=O)NCCC(O)C(=O)O. The highest BCUT2D eigenvalue weighted by Crippen LogP contribution is 2.12. The van der Waals surface area contributed by atoms with Gasteiger partial charge >= 0.3 is 5.97 Å². The van der Waals surface area contributed by atoms with Gasteiger partial charge in [-0.25, -0.2) is 4.79 Å². The van der Waals surface area contributed by atoms with E-state index in [1.165, 1.54) is 0 Å². The molecule has 0 heterocycles. The number of amides is 1. The molecule has 0 saturated heterocycles. The molecule has 0 aromatic carbocycles. The van der Waals surface area contributed by atoms with Gasteiger partial charge in [0.15, 0.2) is 6.10 Å². The first-order valence-electron chi connectivity index (χ1n) is 4.44. The minimum atomic E-state index is -1.41. The van der Waals surface area contributed by atoms with Crippen LogP contribution >= 0.6 is 0 Å². The highest BCUT2D eigenvalue weighted by atomic mass is 16.4. The molecule has 3 N–H and O–H groups in total. The Morgan fingerprint density at radius 1 is 1.36 bits per heavy atom. The van der Waals surface area contributed by atoms with Crippen molar-refractivity contribution in [2.45, 2.75) is 33.3 Å². The third kappa shape index (κ3) is 4.81. The summed E-state index contributed by atoms with van der Waals surface area (Å²) >= 11 is 0. The Morgan fingerprint density at radius 3 is 2.21 bits per heavy atom. The van der Waals surface area contributed by atoms with Crippen molar-refractivity contribution in [2.24, 2.45) is 5.41 Å². The molecule has 1 atom stereocenters. The molecule has 0 aromatic rings. The number of carbonyl (C=O) groups excluding carboxylic acids is 1. The molecule has 0 rings (SSSR count). The van der Waals surface area contributed by atoms with Crippen LogP contribution < -0.4 is 5.32 Å². The van der Waals surface area contributed by atoms with Crippen molar-refractivity contribution in [3.05, 3.63) is 0 Å². The molecule has 0 spiro atoms. The lowest BCUT2D eigenvalue weighted by molar-refractivity contribution is -0.147. The van der Waals surface area contributed by atoms with E-state index in [9.17, 15) is 9.59 Å². The predicted molar refractivity (Wildman–Crippen MR) is 50.7 cm³/mol. The average Bonchev–Trinajstić information content (AvgIpc) is 2.01. The maximum Gasteiger partial charge on any atom is 0.332 e. The third-order valence-electron chi connectivity index (χ3n) is 1.67. The van der Waals surface area contributed by atoms with Crippen molar-refractivity contribution in [3.8, 4) is 0 Å². The Hall–Kier alpha value is -1.10. The van der Waals surface area contributed by atoms with Gasteiger partial charge in [-0.1, -0.05) is 20.8 Å². The van der Waals surface area contributed by atoms with Gasteiger partial charge in [-0.05, 0) is 0 Å². The number of carbonyl (C=O) groups is 2. The quantitative estimate of drug-likeness (QED) is 0.599. The van der Waals surface area contributed by atoms with Crippen LogP contribution in [0.1, 0.15) is 27.2 Å². The smallest absolute Gasteiger partial charge is 0.332 e. The lowest BCUT2D eigenvalue weighted by atomic mass is 9.96. The van der Waals surface area contributed by atoms with Gasteiger partial charge in [0.2, 0.25) is 5.91 Å². The van der Waals surface area contributed by atoms with E-state index in [0.29, 0.717) is 0 Å². The van der Waals surface area contributed by atoms with E-state index >= 15 is 0 Å². The van der Waals surface area contributed by atoms with Crippen LogP contribution in [0.2, 0.25) is 0 Å². The number of aliphatic hydroxyl groups is 1. The van der Waals surface area contributed by atoms with E-state index in [-0.39, 0.29) is 18.9 Å². The highest BCUT2D eigenvalue weighted by molar-refractivity contribution is 5.81. The fourth-order valence-corrected chi connectivity index (χ4v) is 0.711. The number of hydrogen-bond donors (Lipinski definition) is 3. The fourth-order valence-electron chi connectivity index (χ4n) is 0.711. The summed E-state index contributed by atoms with van der Waals surface area (Å²) in [5.41, 5.74) is -0.492. The number of hydrogen-bond acceptors (Lipinski definition) is 3. The Kier molecular flexibility index (Phi) is 4.56. The molecular formula is C9H17NO4. The average molecular weight is 203 g/mol. The molecule has 0 fully saturated rings. The first-order valence-corrected chi connectivity index (χ1v) is 4.44. The lowest BCUT2D eigenvalue weighted by Crippen LogP contribution is -2.37. The van der Waals surface area contributed by atoms with Crippen LogP contribution in [0.15, 0.2) is 0 Å². The van der Waals surface area contributed by atoms with Gasteiger partial charge < -0.3 is 15.5 Å². The van der Waals surface area contributed by atoms with Gasteiger partial charge in [0, 0.05) is 18.4 Å². The summed E-state index contributed by atoms with van der Waals surface area (Å²) in [7, 11) is 0. The van der Waals surface area contributed by atoms with Crippen LogP contribution in [0.4, 0.5) is 0 Å². The molecular weight excluding hydrogens is 186 g/mol. The van der Waals surface area contributed by atoms with E-state index in [1.807, 2.05) is 0 Å². The van der Waals surface area contributed by atoms with E-state index in [4.69, 9.17) is 10.2 Å². The third-order valence-corrected chi connectivity index (χ3v) is 1.67. The zero-order valence-electron chi connectivity index (χ0n) is 8.70.